The first-order valence-electron chi connectivity index (χ1n) is 4.63. The Morgan fingerprint density at radius 1 is 1.33 bits per heavy atom. The van der Waals surface area contributed by atoms with E-state index in [1.807, 2.05) is 0 Å². The molecule has 0 aliphatic carbocycles. The van der Waals surface area contributed by atoms with Crippen molar-refractivity contribution in [3.63, 3.8) is 0 Å². The molecule has 1 nitrogen and oxygen atoms in total. The minimum absolute atomic E-state index is 0.569. The van der Waals surface area contributed by atoms with Crippen LogP contribution in [-0.2, 0) is 4.74 Å². The molecular weight excluding hydrogens is 283 g/mol. The zero-order valence-electron chi connectivity index (χ0n) is 7.22. The van der Waals surface area contributed by atoms with Crippen molar-refractivity contribution in [1.29, 1.82) is 0 Å². The highest BCUT2D eigenvalue weighted by atomic mass is 127. The van der Waals surface area contributed by atoms with Gasteiger partial charge in [-0.3, -0.25) is 0 Å². The van der Waals surface area contributed by atoms with E-state index < -0.39 is 0 Å². The standard InChI is InChI=1S/C9H15IOS/c10-7-8-9(1-4-11-8)2-5-12-6-3-9/h8H,1-7H2. The number of rotatable bonds is 1. The Balaban J connectivity index is 2.05. The maximum absolute atomic E-state index is 5.78. The van der Waals surface area contributed by atoms with Gasteiger partial charge in [-0.2, -0.15) is 11.8 Å². The molecule has 2 aliphatic heterocycles. The van der Waals surface area contributed by atoms with E-state index >= 15 is 0 Å². The molecule has 0 saturated carbocycles. The maximum Gasteiger partial charge on any atom is 0.0721 e. The lowest BCUT2D eigenvalue weighted by atomic mass is 9.76. The van der Waals surface area contributed by atoms with Gasteiger partial charge in [-0.15, -0.1) is 0 Å². The number of hydrogen-bond acceptors (Lipinski definition) is 2. The second-order valence-electron chi connectivity index (χ2n) is 3.74. The lowest BCUT2D eigenvalue weighted by Gasteiger charge is -2.36. The van der Waals surface area contributed by atoms with Crippen molar-refractivity contribution in [3.8, 4) is 0 Å². The first-order chi connectivity index (χ1) is 5.87. The summed E-state index contributed by atoms with van der Waals surface area (Å²) < 4.78 is 6.96. The lowest BCUT2D eigenvalue weighted by molar-refractivity contribution is 0.0651. The molecule has 70 valence electrons. The summed E-state index contributed by atoms with van der Waals surface area (Å²) >= 11 is 4.58. The summed E-state index contributed by atoms with van der Waals surface area (Å²) in [5, 5.41) is 0. The van der Waals surface area contributed by atoms with Crippen LogP contribution in [-0.4, -0.2) is 28.6 Å². The Labute approximate surface area is 92.1 Å². The summed E-state index contributed by atoms with van der Waals surface area (Å²) in [5.74, 6) is 2.72. The Hall–Kier alpha value is 1.04. The minimum Gasteiger partial charge on any atom is -0.377 e. The number of alkyl halides is 1. The van der Waals surface area contributed by atoms with Crippen LogP contribution >= 0.6 is 34.4 Å². The molecular formula is C9H15IOS. The number of ether oxygens (including phenoxy) is 1. The molecule has 2 fully saturated rings. The SMILES string of the molecule is ICC1OCCC12CCSCC2. The largest absolute Gasteiger partial charge is 0.377 e. The third kappa shape index (κ3) is 1.64. The fraction of sp³-hybridized carbons (Fsp3) is 1.00. The second-order valence-corrected chi connectivity index (χ2v) is 5.84. The van der Waals surface area contributed by atoms with Crippen molar-refractivity contribution in [2.75, 3.05) is 22.5 Å². The fourth-order valence-electron chi connectivity index (χ4n) is 2.30. The number of halogens is 1. The quantitative estimate of drug-likeness (QED) is 0.544. The van der Waals surface area contributed by atoms with Crippen LogP contribution in [0, 0.1) is 5.41 Å². The molecule has 0 aromatic rings. The molecule has 0 radical (unpaired) electrons. The van der Waals surface area contributed by atoms with Gasteiger partial charge < -0.3 is 4.74 Å². The van der Waals surface area contributed by atoms with Crippen molar-refractivity contribution in [2.24, 2.45) is 5.41 Å². The van der Waals surface area contributed by atoms with Gasteiger partial charge in [0, 0.05) is 16.4 Å². The molecule has 0 amide bonds. The maximum atomic E-state index is 5.78. The lowest BCUT2D eigenvalue weighted by Crippen LogP contribution is -2.35. The highest BCUT2D eigenvalue weighted by Crippen LogP contribution is 2.46. The molecule has 2 aliphatic rings. The van der Waals surface area contributed by atoms with Crippen LogP contribution in [0.5, 0.6) is 0 Å². The summed E-state index contributed by atoms with van der Waals surface area (Å²) in [6, 6.07) is 0. The van der Waals surface area contributed by atoms with Gasteiger partial charge in [-0.1, -0.05) is 22.6 Å². The van der Waals surface area contributed by atoms with E-state index in [0.29, 0.717) is 11.5 Å². The van der Waals surface area contributed by atoms with Gasteiger partial charge in [0.05, 0.1) is 6.10 Å². The normalized spacial score (nSPS) is 34.2. The fourth-order valence-corrected chi connectivity index (χ4v) is 4.79. The van der Waals surface area contributed by atoms with Crippen LogP contribution in [0.2, 0.25) is 0 Å². The van der Waals surface area contributed by atoms with E-state index in [-0.39, 0.29) is 0 Å². The summed E-state index contributed by atoms with van der Waals surface area (Å²) in [6.07, 6.45) is 4.68. The zero-order valence-corrected chi connectivity index (χ0v) is 10.2. The number of hydrogen-bond donors (Lipinski definition) is 0. The summed E-state index contributed by atoms with van der Waals surface area (Å²) in [7, 11) is 0. The van der Waals surface area contributed by atoms with Gasteiger partial charge in [-0.25, -0.2) is 0 Å². The van der Waals surface area contributed by atoms with Crippen molar-refractivity contribution in [1.82, 2.24) is 0 Å². The first kappa shape index (κ1) is 9.59. The smallest absolute Gasteiger partial charge is 0.0721 e. The van der Waals surface area contributed by atoms with E-state index in [0.717, 1.165) is 6.61 Å². The average Bonchev–Trinajstić information content (AvgIpc) is 2.49. The average molecular weight is 298 g/mol. The van der Waals surface area contributed by atoms with Crippen molar-refractivity contribution in [3.05, 3.63) is 0 Å². The van der Waals surface area contributed by atoms with E-state index in [1.54, 1.807) is 0 Å². The summed E-state index contributed by atoms with van der Waals surface area (Å²) in [6.45, 7) is 1.01. The van der Waals surface area contributed by atoms with Gasteiger partial charge in [0.2, 0.25) is 0 Å². The molecule has 1 atom stereocenters. The van der Waals surface area contributed by atoms with Crippen molar-refractivity contribution in [2.45, 2.75) is 25.4 Å². The van der Waals surface area contributed by atoms with Crippen LogP contribution in [0.1, 0.15) is 19.3 Å². The van der Waals surface area contributed by atoms with Gasteiger partial charge >= 0.3 is 0 Å². The van der Waals surface area contributed by atoms with E-state index in [9.17, 15) is 0 Å². The van der Waals surface area contributed by atoms with E-state index in [2.05, 4.69) is 34.4 Å². The van der Waals surface area contributed by atoms with Crippen LogP contribution in [0.4, 0.5) is 0 Å². The van der Waals surface area contributed by atoms with Crippen LogP contribution in [0.3, 0.4) is 0 Å². The molecule has 0 aromatic heterocycles. The molecule has 3 heteroatoms. The first-order valence-corrected chi connectivity index (χ1v) is 7.31. The van der Waals surface area contributed by atoms with Crippen LogP contribution in [0.15, 0.2) is 0 Å². The third-order valence-electron chi connectivity index (χ3n) is 3.23. The third-order valence-corrected chi connectivity index (χ3v) is 5.02. The predicted molar refractivity (Wildman–Crippen MR) is 62.2 cm³/mol. The highest BCUT2D eigenvalue weighted by molar-refractivity contribution is 14.1. The van der Waals surface area contributed by atoms with Gasteiger partial charge in [0.1, 0.15) is 0 Å². The van der Waals surface area contributed by atoms with Crippen molar-refractivity contribution < 1.29 is 4.74 Å². The predicted octanol–water partition coefficient (Wildman–Crippen LogP) is 2.72. The molecule has 0 bridgehead atoms. The Morgan fingerprint density at radius 3 is 2.75 bits per heavy atom. The van der Waals surface area contributed by atoms with Gasteiger partial charge in [-0.05, 0) is 30.8 Å². The van der Waals surface area contributed by atoms with Crippen molar-refractivity contribution >= 4 is 34.4 Å². The summed E-state index contributed by atoms with van der Waals surface area (Å²) in [5.41, 5.74) is 0.590. The van der Waals surface area contributed by atoms with E-state index in [4.69, 9.17) is 4.74 Å². The molecule has 0 N–H and O–H groups in total. The second kappa shape index (κ2) is 4.05. The van der Waals surface area contributed by atoms with E-state index in [1.165, 1.54) is 35.2 Å². The highest BCUT2D eigenvalue weighted by Gasteiger charge is 2.43. The molecule has 1 spiro atoms. The minimum atomic E-state index is 0.569. The molecule has 2 saturated heterocycles. The monoisotopic (exact) mass is 298 g/mol. The molecule has 0 aromatic carbocycles. The Kier molecular flexibility index (Phi) is 3.23. The Morgan fingerprint density at radius 2 is 2.08 bits per heavy atom. The van der Waals surface area contributed by atoms with Gasteiger partial charge in [0.15, 0.2) is 0 Å². The zero-order chi connectivity index (χ0) is 8.44. The molecule has 2 heterocycles. The summed E-state index contributed by atoms with van der Waals surface area (Å²) in [4.78, 5) is 0. The van der Waals surface area contributed by atoms with Crippen LogP contribution in [0.25, 0.3) is 0 Å². The number of thioether (sulfide) groups is 1. The topological polar surface area (TPSA) is 9.23 Å². The van der Waals surface area contributed by atoms with Crippen LogP contribution < -0.4 is 0 Å². The van der Waals surface area contributed by atoms with Gasteiger partial charge in [0.25, 0.3) is 0 Å². The molecule has 2 rings (SSSR count). The Bertz CT molecular complexity index is 157. The molecule has 1 unspecified atom stereocenters. The molecule has 12 heavy (non-hydrogen) atoms.